The molecule has 0 radical (unpaired) electrons. The minimum absolute atomic E-state index is 0.0991. The Labute approximate surface area is 164 Å². The van der Waals surface area contributed by atoms with Gasteiger partial charge >= 0.3 is 5.97 Å². The van der Waals surface area contributed by atoms with Gasteiger partial charge in [0.25, 0.3) is 0 Å². The molecular formula is C21H22O6S. The second-order valence-corrected chi connectivity index (χ2v) is 8.56. The highest BCUT2D eigenvalue weighted by atomic mass is 32.2. The number of rotatable bonds is 6. The molecule has 0 saturated heterocycles. The van der Waals surface area contributed by atoms with Gasteiger partial charge in [-0.2, -0.15) is 0 Å². The van der Waals surface area contributed by atoms with E-state index < -0.39 is 21.9 Å². The average Bonchev–Trinajstić information content (AvgIpc) is 3.01. The van der Waals surface area contributed by atoms with Crippen LogP contribution in [0.5, 0.6) is 11.5 Å². The molecule has 1 aliphatic rings. The van der Waals surface area contributed by atoms with Crippen LogP contribution >= 0.6 is 0 Å². The summed E-state index contributed by atoms with van der Waals surface area (Å²) in [5.74, 6) is 0.709. The SMILES string of the molecule is CCc1cc(S(C)(=O)=O)c(C)cc1[C@H]1C=C(Oc2ccc(OC)cc2)C(=O)O1. The summed E-state index contributed by atoms with van der Waals surface area (Å²) in [6, 6.07) is 10.3. The van der Waals surface area contributed by atoms with Crippen molar-refractivity contribution < 1.29 is 27.4 Å². The van der Waals surface area contributed by atoms with Crippen molar-refractivity contribution in [1.29, 1.82) is 0 Å². The van der Waals surface area contributed by atoms with Gasteiger partial charge in [-0.3, -0.25) is 0 Å². The summed E-state index contributed by atoms with van der Waals surface area (Å²) in [6.45, 7) is 3.66. The van der Waals surface area contributed by atoms with E-state index in [1.54, 1.807) is 56.5 Å². The average molecular weight is 402 g/mol. The Morgan fingerprint density at radius 2 is 1.75 bits per heavy atom. The first kappa shape index (κ1) is 19.9. The molecule has 0 amide bonds. The van der Waals surface area contributed by atoms with E-state index in [-0.39, 0.29) is 10.7 Å². The van der Waals surface area contributed by atoms with Gasteiger partial charge in [0.1, 0.15) is 17.6 Å². The fourth-order valence-electron chi connectivity index (χ4n) is 3.14. The lowest BCUT2D eigenvalue weighted by Crippen LogP contribution is -2.09. The normalized spacial score (nSPS) is 16.5. The van der Waals surface area contributed by atoms with Crippen LogP contribution in [0.3, 0.4) is 0 Å². The number of carbonyl (C=O) groups is 1. The molecule has 0 N–H and O–H groups in total. The number of benzene rings is 2. The van der Waals surface area contributed by atoms with Crippen molar-refractivity contribution in [2.24, 2.45) is 0 Å². The van der Waals surface area contributed by atoms with Gasteiger partial charge in [-0.05, 0) is 54.8 Å². The summed E-state index contributed by atoms with van der Waals surface area (Å²) in [5, 5.41) is 0. The van der Waals surface area contributed by atoms with Gasteiger partial charge in [-0.15, -0.1) is 0 Å². The highest BCUT2D eigenvalue weighted by Crippen LogP contribution is 2.34. The van der Waals surface area contributed by atoms with Gasteiger partial charge in [-0.1, -0.05) is 13.0 Å². The molecule has 2 aromatic rings. The van der Waals surface area contributed by atoms with Gasteiger partial charge in [-0.25, -0.2) is 13.2 Å². The standard InChI is InChI=1S/C21H22O6S/c1-5-14-11-20(28(4,23)24)13(2)10-17(14)18-12-19(21(22)27-18)26-16-8-6-15(25-3)7-9-16/h6-12,18H,5H2,1-4H3/t18-/m1/s1. The highest BCUT2D eigenvalue weighted by Gasteiger charge is 2.31. The molecule has 148 valence electrons. The molecule has 0 saturated carbocycles. The third kappa shape index (κ3) is 4.04. The first-order valence-corrected chi connectivity index (χ1v) is 10.7. The van der Waals surface area contributed by atoms with Crippen LogP contribution in [-0.4, -0.2) is 27.8 Å². The van der Waals surface area contributed by atoms with Crippen LogP contribution in [0.2, 0.25) is 0 Å². The number of aryl methyl sites for hydroxylation is 2. The summed E-state index contributed by atoms with van der Waals surface area (Å²) in [4.78, 5) is 12.5. The molecule has 0 aromatic heterocycles. The molecule has 0 fully saturated rings. The van der Waals surface area contributed by atoms with Crippen molar-refractivity contribution in [1.82, 2.24) is 0 Å². The molecular weight excluding hydrogens is 380 g/mol. The molecule has 7 heteroatoms. The molecule has 0 aliphatic carbocycles. The van der Waals surface area contributed by atoms with Crippen molar-refractivity contribution in [3.05, 3.63) is 64.9 Å². The minimum Gasteiger partial charge on any atom is -0.497 e. The highest BCUT2D eigenvalue weighted by molar-refractivity contribution is 7.90. The van der Waals surface area contributed by atoms with E-state index in [9.17, 15) is 13.2 Å². The summed E-state index contributed by atoms with van der Waals surface area (Å²) in [7, 11) is -1.76. The topological polar surface area (TPSA) is 78.9 Å². The first-order valence-electron chi connectivity index (χ1n) is 8.81. The Bertz CT molecular complexity index is 1040. The van der Waals surface area contributed by atoms with Gasteiger partial charge in [0.2, 0.25) is 5.76 Å². The quantitative estimate of drug-likeness (QED) is 0.688. The molecule has 3 rings (SSSR count). The number of carbonyl (C=O) groups excluding carboxylic acids is 1. The lowest BCUT2D eigenvalue weighted by Gasteiger charge is -2.16. The summed E-state index contributed by atoms with van der Waals surface area (Å²) in [6.07, 6.45) is 2.78. The largest absolute Gasteiger partial charge is 0.497 e. The summed E-state index contributed by atoms with van der Waals surface area (Å²) >= 11 is 0. The van der Waals surface area contributed by atoms with Crippen molar-refractivity contribution >= 4 is 15.8 Å². The van der Waals surface area contributed by atoms with Crippen LogP contribution in [0.15, 0.2) is 53.1 Å². The molecule has 28 heavy (non-hydrogen) atoms. The number of cyclic esters (lactones) is 1. The second kappa shape index (κ2) is 7.67. The van der Waals surface area contributed by atoms with E-state index in [0.717, 1.165) is 11.1 Å². The fourth-order valence-corrected chi connectivity index (χ4v) is 4.14. The van der Waals surface area contributed by atoms with Crippen LogP contribution in [-0.2, 0) is 25.8 Å². The molecule has 2 aromatic carbocycles. The number of sulfone groups is 1. The summed E-state index contributed by atoms with van der Waals surface area (Å²) < 4.78 is 40.2. The van der Waals surface area contributed by atoms with Crippen LogP contribution in [0, 0.1) is 6.92 Å². The molecule has 1 heterocycles. The molecule has 1 atom stereocenters. The van der Waals surface area contributed by atoms with E-state index in [4.69, 9.17) is 14.2 Å². The Morgan fingerprint density at radius 1 is 1.11 bits per heavy atom. The van der Waals surface area contributed by atoms with E-state index in [1.165, 1.54) is 6.26 Å². The third-order valence-corrected chi connectivity index (χ3v) is 5.79. The van der Waals surface area contributed by atoms with Gasteiger partial charge in [0, 0.05) is 17.9 Å². The maximum Gasteiger partial charge on any atom is 0.375 e. The zero-order chi connectivity index (χ0) is 20.5. The van der Waals surface area contributed by atoms with Crippen molar-refractivity contribution in [3.8, 4) is 11.5 Å². The number of hydrogen-bond acceptors (Lipinski definition) is 6. The minimum atomic E-state index is -3.33. The molecule has 0 bridgehead atoms. The zero-order valence-electron chi connectivity index (χ0n) is 16.2. The predicted octanol–water partition coefficient (Wildman–Crippen LogP) is 3.53. The van der Waals surface area contributed by atoms with E-state index in [2.05, 4.69) is 0 Å². The smallest absolute Gasteiger partial charge is 0.375 e. The molecule has 0 unspecified atom stereocenters. The van der Waals surface area contributed by atoms with Crippen LogP contribution in [0.25, 0.3) is 0 Å². The Morgan fingerprint density at radius 3 is 2.32 bits per heavy atom. The van der Waals surface area contributed by atoms with Crippen molar-refractivity contribution in [2.45, 2.75) is 31.3 Å². The maximum atomic E-state index is 12.3. The first-order chi connectivity index (χ1) is 13.2. The zero-order valence-corrected chi connectivity index (χ0v) is 17.0. The lowest BCUT2D eigenvalue weighted by molar-refractivity contribution is -0.141. The van der Waals surface area contributed by atoms with Crippen LogP contribution in [0.4, 0.5) is 0 Å². The number of esters is 1. The Balaban J connectivity index is 1.92. The lowest BCUT2D eigenvalue weighted by atomic mass is 9.98. The molecule has 1 aliphatic heterocycles. The Kier molecular flexibility index (Phi) is 5.47. The molecule has 6 nitrogen and oxygen atoms in total. The van der Waals surface area contributed by atoms with E-state index in [1.807, 2.05) is 6.92 Å². The van der Waals surface area contributed by atoms with E-state index >= 15 is 0 Å². The molecule has 0 spiro atoms. The van der Waals surface area contributed by atoms with Crippen molar-refractivity contribution in [3.63, 3.8) is 0 Å². The fraction of sp³-hybridized carbons (Fsp3) is 0.286. The number of hydrogen-bond donors (Lipinski definition) is 0. The Hall–Kier alpha value is -2.80. The monoisotopic (exact) mass is 402 g/mol. The van der Waals surface area contributed by atoms with Gasteiger partial charge in [0.15, 0.2) is 9.84 Å². The van der Waals surface area contributed by atoms with Crippen LogP contribution < -0.4 is 9.47 Å². The maximum absolute atomic E-state index is 12.3. The van der Waals surface area contributed by atoms with Gasteiger partial charge in [0.05, 0.1) is 12.0 Å². The van der Waals surface area contributed by atoms with E-state index in [0.29, 0.717) is 23.5 Å². The second-order valence-electron chi connectivity index (χ2n) is 6.58. The van der Waals surface area contributed by atoms with Gasteiger partial charge < -0.3 is 14.2 Å². The number of methoxy groups -OCH3 is 1. The number of ether oxygens (including phenoxy) is 3. The predicted molar refractivity (Wildman–Crippen MR) is 104 cm³/mol. The van der Waals surface area contributed by atoms with Crippen LogP contribution in [0.1, 0.15) is 29.7 Å². The third-order valence-electron chi connectivity index (χ3n) is 4.55. The van der Waals surface area contributed by atoms with Crippen molar-refractivity contribution in [2.75, 3.05) is 13.4 Å². The summed E-state index contributed by atoms with van der Waals surface area (Å²) in [5.41, 5.74) is 2.18.